The van der Waals surface area contributed by atoms with E-state index < -0.39 is 0 Å². The number of carbonyl (C=O) groups excluding carboxylic acids is 1. The minimum atomic E-state index is -0.307. The van der Waals surface area contributed by atoms with Gasteiger partial charge in [0.1, 0.15) is 17.3 Å². The third-order valence-corrected chi connectivity index (χ3v) is 2.49. The van der Waals surface area contributed by atoms with Gasteiger partial charge in [-0.05, 0) is 13.8 Å². The fourth-order valence-corrected chi connectivity index (χ4v) is 1.63. The van der Waals surface area contributed by atoms with Crippen LogP contribution in [0.3, 0.4) is 0 Å². The number of rotatable bonds is 4. The van der Waals surface area contributed by atoms with E-state index in [1.807, 2.05) is 13.8 Å². The van der Waals surface area contributed by atoms with Crippen LogP contribution in [0.2, 0.25) is 0 Å². The first-order chi connectivity index (χ1) is 9.10. The highest BCUT2D eigenvalue weighted by Crippen LogP contribution is 2.09. The quantitative estimate of drug-likeness (QED) is 0.863. The molecule has 1 amide bonds. The number of hydrogen-bond acceptors (Lipinski definition) is 5. The molecular weight excluding hydrogens is 244 g/mol. The second-order valence-electron chi connectivity index (χ2n) is 4.07. The Labute approximate surface area is 111 Å². The Morgan fingerprint density at radius 3 is 2.68 bits per heavy atom. The van der Waals surface area contributed by atoms with Gasteiger partial charge in [-0.15, -0.1) is 0 Å². The molecule has 0 fully saturated rings. The van der Waals surface area contributed by atoms with E-state index in [1.54, 1.807) is 17.8 Å². The Bertz CT molecular complexity index is 574. The van der Waals surface area contributed by atoms with Gasteiger partial charge in [-0.3, -0.25) is 9.48 Å². The number of amides is 1. The predicted octanol–water partition coefficient (Wildman–Crippen LogP) is 1.20. The summed E-state index contributed by atoms with van der Waals surface area (Å²) in [6, 6.07) is 1.79. The van der Waals surface area contributed by atoms with Gasteiger partial charge >= 0.3 is 0 Å². The van der Waals surface area contributed by atoms with Gasteiger partial charge in [0.15, 0.2) is 0 Å². The van der Waals surface area contributed by atoms with Crippen LogP contribution in [0.1, 0.15) is 23.1 Å². The van der Waals surface area contributed by atoms with Crippen LogP contribution >= 0.6 is 0 Å². The lowest BCUT2D eigenvalue weighted by Gasteiger charge is -2.05. The molecule has 2 N–H and O–H groups in total. The SMILES string of the molecule is CCNc1cnc(C(=O)Nc2cc(C)nn2C)cn1. The van der Waals surface area contributed by atoms with Gasteiger partial charge in [-0.2, -0.15) is 5.10 Å². The molecule has 0 aromatic carbocycles. The van der Waals surface area contributed by atoms with Crippen molar-refractivity contribution >= 4 is 17.5 Å². The van der Waals surface area contributed by atoms with Gasteiger partial charge in [0.05, 0.1) is 18.1 Å². The molecule has 0 saturated carbocycles. The summed E-state index contributed by atoms with van der Waals surface area (Å²) in [5.41, 5.74) is 1.10. The van der Waals surface area contributed by atoms with Gasteiger partial charge in [-0.25, -0.2) is 9.97 Å². The Morgan fingerprint density at radius 2 is 2.16 bits per heavy atom. The number of anilines is 2. The molecule has 0 saturated heterocycles. The number of nitrogens with zero attached hydrogens (tertiary/aromatic N) is 4. The second-order valence-corrected chi connectivity index (χ2v) is 4.07. The number of aromatic nitrogens is 4. The molecule has 2 aromatic heterocycles. The van der Waals surface area contributed by atoms with Crippen molar-refractivity contribution < 1.29 is 4.79 Å². The van der Waals surface area contributed by atoms with Crippen LogP contribution in [0.5, 0.6) is 0 Å². The summed E-state index contributed by atoms with van der Waals surface area (Å²) in [5.74, 6) is 0.967. The first-order valence-corrected chi connectivity index (χ1v) is 5.98. The zero-order valence-corrected chi connectivity index (χ0v) is 11.1. The summed E-state index contributed by atoms with van der Waals surface area (Å²) in [6.45, 7) is 4.59. The van der Waals surface area contributed by atoms with Crippen molar-refractivity contribution in [3.8, 4) is 0 Å². The van der Waals surface area contributed by atoms with Crippen molar-refractivity contribution in [1.82, 2.24) is 19.7 Å². The summed E-state index contributed by atoms with van der Waals surface area (Å²) >= 11 is 0. The van der Waals surface area contributed by atoms with Crippen molar-refractivity contribution in [3.05, 3.63) is 29.8 Å². The van der Waals surface area contributed by atoms with Gasteiger partial charge in [0.2, 0.25) is 0 Å². The van der Waals surface area contributed by atoms with Crippen LogP contribution < -0.4 is 10.6 Å². The normalized spacial score (nSPS) is 10.3. The maximum Gasteiger partial charge on any atom is 0.277 e. The highest BCUT2D eigenvalue weighted by molar-refractivity contribution is 6.02. The smallest absolute Gasteiger partial charge is 0.277 e. The van der Waals surface area contributed by atoms with Gasteiger partial charge in [-0.1, -0.05) is 0 Å². The fourth-order valence-electron chi connectivity index (χ4n) is 1.63. The maximum atomic E-state index is 12.0. The molecule has 0 atom stereocenters. The molecule has 0 radical (unpaired) electrons. The Balaban J connectivity index is 2.09. The highest BCUT2D eigenvalue weighted by atomic mass is 16.2. The van der Waals surface area contributed by atoms with Crippen molar-refractivity contribution in [3.63, 3.8) is 0 Å². The van der Waals surface area contributed by atoms with Gasteiger partial charge in [0, 0.05) is 19.7 Å². The van der Waals surface area contributed by atoms with Crippen molar-refractivity contribution in [2.75, 3.05) is 17.2 Å². The average molecular weight is 260 g/mol. The van der Waals surface area contributed by atoms with Crippen LogP contribution in [-0.4, -0.2) is 32.2 Å². The van der Waals surface area contributed by atoms with E-state index in [9.17, 15) is 4.79 Å². The first-order valence-electron chi connectivity index (χ1n) is 5.98. The first kappa shape index (κ1) is 13.0. The molecule has 19 heavy (non-hydrogen) atoms. The number of carbonyl (C=O) groups is 1. The summed E-state index contributed by atoms with van der Waals surface area (Å²) < 4.78 is 1.60. The zero-order chi connectivity index (χ0) is 13.8. The Morgan fingerprint density at radius 1 is 1.37 bits per heavy atom. The minimum Gasteiger partial charge on any atom is -0.369 e. The fraction of sp³-hybridized carbons (Fsp3) is 0.333. The molecule has 2 rings (SSSR count). The van der Waals surface area contributed by atoms with Gasteiger partial charge < -0.3 is 10.6 Å². The standard InChI is InChI=1S/C12H16N6O/c1-4-13-10-7-14-9(6-15-10)12(19)16-11-5-8(2)17-18(11)3/h5-7H,4H2,1-3H3,(H,13,15)(H,16,19). The molecule has 0 spiro atoms. The minimum absolute atomic E-state index is 0.264. The Hall–Kier alpha value is -2.44. The van der Waals surface area contributed by atoms with E-state index in [4.69, 9.17) is 0 Å². The molecule has 7 nitrogen and oxygen atoms in total. The third-order valence-electron chi connectivity index (χ3n) is 2.49. The number of nitrogens with one attached hydrogen (secondary N) is 2. The number of aryl methyl sites for hydroxylation is 2. The van der Waals surface area contributed by atoms with E-state index in [1.165, 1.54) is 12.4 Å². The summed E-state index contributed by atoms with van der Waals surface area (Å²) in [7, 11) is 1.77. The van der Waals surface area contributed by atoms with E-state index in [0.29, 0.717) is 11.6 Å². The molecular formula is C12H16N6O. The molecule has 0 aliphatic heterocycles. The molecule has 0 unspecified atom stereocenters. The van der Waals surface area contributed by atoms with Gasteiger partial charge in [0.25, 0.3) is 5.91 Å². The average Bonchev–Trinajstić information content (AvgIpc) is 2.69. The highest BCUT2D eigenvalue weighted by Gasteiger charge is 2.11. The molecule has 0 aliphatic rings. The molecule has 0 aliphatic carbocycles. The van der Waals surface area contributed by atoms with E-state index in [-0.39, 0.29) is 11.6 Å². The van der Waals surface area contributed by atoms with Crippen LogP contribution in [0.25, 0.3) is 0 Å². The molecule has 7 heteroatoms. The molecule has 2 aromatic rings. The van der Waals surface area contributed by atoms with Crippen LogP contribution in [0.4, 0.5) is 11.6 Å². The van der Waals surface area contributed by atoms with Crippen LogP contribution in [-0.2, 0) is 7.05 Å². The Kier molecular flexibility index (Phi) is 3.74. The summed E-state index contributed by atoms with van der Waals surface area (Å²) in [5, 5.41) is 9.91. The molecule has 2 heterocycles. The monoisotopic (exact) mass is 260 g/mol. The summed E-state index contributed by atoms with van der Waals surface area (Å²) in [4.78, 5) is 20.1. The van der Waals surface area contributed by atoms with Crippen LogP contribution in [0.15, 0.2) is 18.5 Å². The predicted molar refractivity (Wildman–Crippen MR) is 72.1 cm³/mol. The van der Waals surface area contributed by atoms with Crippen molar-refractivity contribution in [2.24, 2.45) is 7.05 Å². The lowest BCUT2D eigenvalue weighted by Crippen LogP contribution is -2.16. The summed E-state index contributed by atoms with van der Waals surface area (Å²) in [6.07, 6.45) is 2.98. The largest absolute Gasteiger partial charge is 0.369 e. The lowest BCUT2D eigenvalue weighted by atomic mass is 10.4. The second kappa shape index (κ2) is 5.47. The zero-order valence-electron chi connectivity index (χ0n) is 11.1. The van der Waals surface area contributed by atoms with E-state index >= 15 is 0 Å². The third kappa shape index (κ3) is 3.06. The topological polar surface area (TPSA) is 84.7 Å². The lowest BCUT2D eigenvalue weighted by molar-refractivity contribution is 0.102. The molecule has 100 valence electrons. The number of hydrogen-bond donors (Lipinski definition) is 2. The van der Waals surface area contributed by atoms with E-state index in [0.717, 1.165) is 12.2 Å². The van der Waals surface area contributed by atoms with E-state index in [2.05, 4.69) is 25.7 Å². The van der Waals surface area contributed by atoms with Crippen molar-refractivity contribution in [2.45, 2.75) is 13.8 Å². The maximum absolute atomic E-state index is 12.0. The van der Waals surface area contributed by atoms with Crippen molar-refractivity contribution in [1.29, 1.82) is 0 Å². The van der Waals surface area contributed by atoms with Crippen LogP contribution in [0, 0.1) is 6.92 Å². The molecule has 0 bridgehead atoms.